The van der Waals surface area contributed by atoms with Crippen molar-refractivity contribution in [3.63, 3.8) is 0 Å². The first kappa shape index (κ1) is 79.6. The molecule has 118 heavy (non-hydrogen) atoms. The third-order valence-corrected chi connectivity index (χ3v) is 18.1. The van der Waals surface area contributed by atoms with E-state index >= 15 is 0 Å². The second-order valence-electron chi connectivity index (χ2n) is 26.5. The first-order chi connectivity index (χ1) is 56.8. The van der Waals surface area contributed by atoms with Crippen LogP contribution in [0.25, 0.3) is 90.2 Å². The molecule has 0 saturated carbocycles. The standard InChI is InChI=1S/C22H18F2N6O3.C20H16F2N6O2.C20H18F2N6O.C17H10ClF2N5O/c23-13-2-1-3-14(24)18(13)21(31)28-17-11-25-29-19(17)20-26-15-5-4-12(10-16(15)27-20)22(32)30-6-8-33-9-7-30;1-28(2)20(30)10-6-7-13-14(8-10)25-18(24-13)17-15(9-23-27-17)26-19(29)16-11(21)4-3-5-12(16)22;1-28(2)10-11-6-7-14-15(8-11)25-19(24-14)18-16(9-23-27-18)26-20(29)17-12(21)4-3-5-13(17)22;18-8-4-5-11-12(6-8)23-16(22-11)15-13(7-21-25-15)24-17(26)14-9(19)2-1-3-10(14)20/h1-5,10-11H,6-9H2,(H,25,29)(H,26,27)(H,28,31);3-9H,1-2H3,(H,23,27)(H,24,25)(H,26,29);3-9H,10H2,1-2H3,(H,23,27)(H,24,25)(H,26,29);1-7H,(H,21,25)(H,22,23)(H,24,26). The number of aromatic amines is 8. The van der Waals surface area contributed by atoms with Crippen LogP contribution in [0.2, 0.25) is 5.02 Å². The van der Waals surface area contributed by atoms with Gasteiger partial charge in [-0.15, -0.1) is 0 Å². The largest absolute Gasteiger partial charge is 0.378 e. The number of nitrogens with one attached hydrogen (secondary N) is 12. The Hall–Kier alpha value is -15.1. The van der Waals surface area contributed by atoms with Crippen molar-refractivity contribution in [1.82, 2.24) is 95.4 Å². The lowest BCUT2D eigenvalue weighted by Crippen LogP contribution is -2.40. The molecule has 12 N–H and O–H groups in total. The maximum Gasteiger partial charge on any atom is 0.261 e. The van der Waals surface area contributed by atoms with E-state index in [1.807, 2.05) is 32.3 Å². The van der Waals surface area contributed by atoms with Crippen molar-refractivity contribution in [1.29, 1.82) is 0 Å². The minimum atomic E-state index is -0.973. The smallest absolute Gasteiger partial charge is 0.261 e. The molecule has 0 atom stereocenters. The normalized spacial score (nSPS) is 11.9. The highest BCUT2D eigenvalue weighted by molar-refractivity contribution is 6.31. The highest BCUT2D eigenvalue weighted by atomic mass is 35.5. The van der Waals surface area contributed by atoms with Gasteiger partial charge in [-0.05, 0) is 135 Å². The molecule has 30 nitrogen and oxygen atoms in total. The predicted molar refractivity (Wildman–Crippen MR) is 419 cm³/mol. The molecule has 8 aromatic carbocycles. The summed E-state index contributed by atoms with van der Waals surface area (Å²) in [5.41, 5.74) is 6.97. The van der Waals surface area contributed by atoms with Crippen LogP contribution in [0.15, 0.2) is 170 Å². The number of carbonyl (C=O) groups excluding carboxylic acids is 6. The van der Waals surface area contributed by atoms with Gasteiger partial charge < -0.3 is 60.6 Å². The average Bonchev–Trinajstić information content (AvgIpc) is 1.66. The number of rotatable bonds is 16. The van der Waals surface area contributed by atoms with Gasteiger partial charge in [0.15, 0.2) is 23.3 Å². The summed E-state index contributed by atoms with van der Waals surface area (Å²) >= 11 is 5.95. The zero-order valence-corrected chi connectivity index (χ0v) is 62.6. The highest BCUT2D eigenvalue weighted by Gasteiger charge is 2.28. The van der Waals surface area contributed by atoms with Crippen molar-refractivity contribution in [3.05, 3.63) is 261 Å². The minimum absolute atomic E-state index is 0.0993. The first-order valence-electron chi connectivity index (χ1n) is 35.3. The molecule has 0 radical (unpaired) electrons. The topological polar surface area (TPSA) is 399 Å². The number of hydrogen-bond donors (Lipinski definition) is 12. The molecule has 1 fully saturated rings. The summed E-state index contributed by atoms with van der Waals surface area (Å²) < 4.78 is 116. The van der Waals surface area contributed by atoms with Gasteiger partial charge in [0.25, 0.3) is 35.4 Å². The van der Waals surface area contributed by atoms with E-state index in [-0.39, 0.29) is 34.6 Å². The van der Waals surface area contributed by atoms with Crippen molar-refractivity contribution < 1.29 is 68.6 Å². The van der Waals surface area contributed by atoms with E-state index < -0.39 is 92.4 Å². The van der Waals surface area contributed by atoms with Gasteiger partial charge >= 0.3 is 0 Å². The van der Waals surface area contributed by atoms with Crippen LogP contribution < -0.4 is 21.3 Å². The summed E-state index contributed by atoms with van der Waals surface area (Å²) in [7, 11) is 7.28. The van der Waals surface area contributed by atoms with Crippen LogP contribution >= 0.6 is 11.6 Å². The molecule has 0 unspecified atom stereocenters. The number of carbonyl (C=O) groups is 6. The molecule has 17 rings (SSSR count). The fraction of sp³-hybridized carbons (Fsp3) is 0.114. The molecule has 1 saturated heterocycles. The molecule has 0 spiro atoms. The quantitative estimate of drug-likeness (QED) is 0.0400. The van der Waals surface area contributed by atoms with E-state index in [2.05, 4.69) is 107 Å². The molecule has 9 heterocycles. The zero-order valence-electron chi connectivity index (χ0n) is 61.9. The van der Waals surface area contributed by atoms with Crippen molar-refractivity contribution in [2.45, 2.75) is 6.54 Å². The summed E-state index contributed by atoms with van der Waals surface area (Å²) in [4.78, 5) is 110. The minimum Gasteiger partial charge on any atom is -0.378 e. The maximum absolute atomic E-state index is 13.9. The number of imidazole rings is 4. The molecular formula is C79H62ClF8N23O7. The van der Waals surface area contributed by atoms with E-state index in [1.165, 1.54) is 54.0 Å². The Balaban J connectivity index is 0.000000130. The lowest BCUT2D eigenvalue weighted by Gasteiger charge is -2.26. The lowest BCUT2D eigenvalue weighted by molar-refractivity contribution is 0.0303. The predicted octanol–water partition coefficient (Wildman–Crippen LogP) is 13.8. The lowest BCUT2D eigenvalue weighted by atomic mass is 10.1. The molecule has 1 aliphatic heterocycles. The number of benzene rings is 8. The van der Waals surface area contributed by atoms with Gasteiger partial charge in [-0.3, -0.25) is 49.2 Å². The Kier molecular flexibility index (Phi) is 23.2. The summed E-state index contributed by atoms with van der Waals surface area (Å²) in [5, 5.41) is 36.8. The van der Waals surface area contributed by atoms with Crippen LogP contribution in [0.3, 0.4) is 0 Å². The highest BCUT2D eigenvalue weighted by Crippen LogP contribution is 2.33. The number of H-pyrrole nitrogens is 8. The van der Waals surface area contributed by atoms with Gasteiger partial charge in [-0.1, -0.05) is 41.9 Å². The van der Waals surface area contributed by atoms with Crippen LogP contribution in [-0.4, -0.2) is 185 Å². The van der Waals surface area contributed by atoms with Gasteiger partial charge in [-0.25, -0.2) is 55.1 Å². The number of nitrogens with zero attached hydrogens (tertiary/aromatic N) is 11. The molecule has 0 bridgehead atoms. The van der Waals surface area contributed by atoms with Gasteiger partial charge in [0, 0.05) is 49.9 Å². The molecule has 8 aromatic heterocycles. The number of amides is 6. The van der Waals surface area contributed by atoms with E-state index in [0.717, 1.165) is 71.7 Å². The first-order valence-corrected chi connectivity index (χ1v) is 35.7. The number of ether oxygens (including phenoxy) is 1. The summed E-state index contributed by atoms with van der Waals surface area (Å²) in [6, 6.07) is 34.0. The van der Waals surface area contributed by atoms with E-state index in [0.29, 0.717) is 122 Å². The van der Waals surface area contributed by atoms with Gasteiger partial charge in [-0.2, -0.15) is 20.4 Å². The Morgan fingerprint density at radius 2 is 0.712 bits per heavy atom. The van der Waals surface area contributed by atoms with Crippen molar-refractivity contribution in [2.75, 3.05) is 75.8 Å². The van der Waals surface area contributed by atoms with Crippen LogP contribution in [-0.2, 0) is 11.3 Å². The Labute approximate surface area is 664 Å². The molecule has 598 valence electrons. The number of morpholine rings is 1. The van der Waals surface area contributed by atoms with Crippen LogP contribution in [0.1, 0.15) is 67.7 Å². The number of anilines is 4. The molecular weight excluding hydrogens is 1570 g/mol. The summed E-state index contributed by atoms with van der Waals surface area (Å²) in [6.45, 7) is 2.86. The molecule has 6 amide bonds. The Morgan fingerprint density at radius 1 is 0.407 bits per heavy atom. The fourth-order valence-corrected chi connectivity index (χ4v) is 12.5. The Morgan fingerprint density at radius 3 is 1.05 bits per heavy atom. The molecule has 1 aliphatic rings. The van der Waals surface area contributed by atoms with E-state index in [9.17, 15) is 63.9 Å². The third-order valence-electron chi connectivity index (χ3n) is 17.9. The third kappa shape index (κ3) is 17.4. The molecule has 39 heteroatoms. The zero-order chi connectivity index (χ0) is 83.2. The van der Waals surface area contributed by atoms with Crippen molar-refractivity contribution in [3.8, 4) is 46.1 Å². The van der Waals surface area contributed by atoms with Gasteiger partial charge in [0.2, 0.25) is 0 Å². The Bertz CT molecular complexity index is 6440. The number of aromatic nitrogens is 16. The molecule has 0 aliphatic carbocycles. The van der Waals surface area contributed by atoms with E-state index in [1.54, 1.807) is 73.6 Å². The summed E-state index contributed by atoms with van der Waals surface area (Å²) in [6.07, 6.45) is 5.30. The van der Waals surface area contributed by atoms with Crippen molar-refractivity contribution >= 4 is 114 Å². The van der Waals surface area contributed by atoms with Crippen molar-refractivity contribution in [2.24, 2.45) is 0 Å². The van der Waals surface area contributed by atoms with Crippen LogP contribution in [0.5, 0.6) is 0 Å². The van der Waals surface area contributed by atoms with Gasteiger partial charge in [0.05, 0.1) is 105 Å². The van der Waals surface area contributed by atoms with Gasteiger partial charge in [0.1, 0.15) is 91.6 Å². The fourth-order valence-electron chi connectivity index (χ4n) is 12.3. The van der Waals surface area contributed by atoms with Crippen LogP contribution in [0.4, 0.5) is 57.9 Å². The van der Waals surface area contributed by atoms with E-state index in [4.69, 9.17) is 16.3 Å². The molecule has 16 aromatic rings. The second kappa shape index (κ2) is 34.3. The SMILES string of the molecule is CN(C)C(=O)c1ccc2nc(-c3[nH]ncc3NC(=O)c3c(F)cccc3F)[nH]c2c1.CN(C)Cc1ccc2nc(-c3[nH]ncc3NC(=O)c3c(F)cccc3F)[nH]c2c1.O=C(Nc1cn[nH]c1-c1nc2ccc(C(=O)N3CCOCC3)cc2[nH]1)c1c(F)cccc1F.O=C(Nc1cn[nH]c1-c1nc2ccc(Cl)cc2[nH]1)c1c(F)cccc1F. The number of hydrogen-bond acceptors (Lipinski definition) is 16. The maximum atomic E-state index is 13.9. The summed E-state index contributed by atoms with van der Waals surface area (Å²) in [5.74, 6) is -10.2. The van der Waals surface area contributed by atoms with Crippen LogP contribution in [0, 0.1) is 46.5 Å². The number of fused-ring (bicyclic) bond motifs is 4. The average molecular weight is 1630 g/mol. The monoisotopic (exact) mass is 1630 g/mol. The number of halogens is 9. The second-order valence-corrected chi connectivity index (χ2v) is 26.9.